The first-order valence-corrected chi connectivity index (χ1v) is 7.19. The minimum Gasteiger partial charge on any atom is -0.497 e. The summed E-state index contributed by atoms with van der Waals surface area (Å²) in [6.07, 6.45) is -1.94. The molecule has 1 aliphatic carbocycles. The molecule has 3 rings (SSSR count). The summed E-state index contributed by atoms with van der Waals surface area (Å²) in [6.45, 7) is 0. The Hall–Kier alpha value is -2.50. The van der Waals surface area contributed by atoms with Gasteiger partial charge in [0.2, 0.25) is 0 Å². The third kappa shape index (κ3) is 2.44. The van der Waals surface area contributed by atoms with Crippen LogP contribution in [0.15, 0.2) is 48.5 Å². The van der Waals surface area contributed by atoms with E-state index >= 15 is 0 Å². The van der Waals surface area contributed by atoms with E-state index in [0.717, 1.165) is 0 Å². The largest absolute Gasteiger partial charge is 0.497 e. The molecule has 0 spiro atoms. The van der Waals surface area contributed by atoms with Gasteiger partial charge in [0.15, 0.2) is 23.3 Å². The highest BCUT2D eigenvalue weighted by atomic mass is 16.5. The number of fused-ring (bicyclic) bond motifs is 1. The van der Waals surface area contributed by atoms with Gasteiger partial charge in [-0.15, -0.1) is 0 Å². The smallest absolute Gasteiger partial charge is 0.198 e. The minimum absolute atomic E-state index is 0.138. The van der Waals surface area contributed by atoms with Crippen LogP contribution in [0.4, 0.5) is 0 Å². The van der Waals surface area contributed by atoms with Gasteiger partial charge in [0, 0.05) is 17.5 Å². The van der Waals surface area contributed by atoms with Crippen LogP contribution in [-0.4, -0.2) is 40.6 Å². The van der Waals surface area contributed by atoms with Crippen LogP contribution in [0.3, 0.4) is 0 Å². The molecule has 0 aliphatic heterocycles. The van der Waals surface area contributed by atoms with Crippen molar-refractivity contribution in [1.82, 2.24) is 0 Å². The van der Waals surface area contributed by atoms with Gasteiger partial charge in [-0.1, -0.05) is 36.4 Å². The number of rotatable bonds is 3. The predicted molar refractivity (Wildman–Crippen MR) is 82.8 cm³/mol. The summed E-state index contributed by atoms with van der Waals surface area (Å²) in [5, 5.41) is 21.0. The quantitative estimate of drug-likeness (QED) is 0.895. The fraction of sp³-hybridized carbons (Fsp3) is 0.222. The average molecular weight is 312 g/mol. The van der Waals surface area contributed by atoms with Crippen molar-refractivity contribution in [2.75, 3.05) is 7.11 Å². The van der Waals surface area contributed by atoms with Gasteiger partial charge in [0.25, 0.3) is 0 Å². The Balaban J connectivity index is 1.99. The Morgan fingerprint density at radius 1 is 1.04 bits per heavy atom. The molecule has 0 saturated heterocycles. The number of carbonyl (C=O) groups is 2. The fourth-order valence-corrected chi connectivity index (χ4v) is 2.85. The van der Waals surface area contributed by atoms with E-state index in [2.05, 4.69) is 0 Å². The number of hydrogen-bond donors (Lipinski definition) is 2. The number of ether oxygens (including phenoxy) is 1. The maximum absolute atomic E-state index is 12.6. The zero-order chi connectivity index (χ0) is 16.6. The number of carbonyl (C=O) groups excluding carboxylic acids is 2. The zero-order valence-corrected chi connectivity index (χ0v) is 12.5. The van der Waals surface area contributed by atoms with Gasteiger partial charge < -0.3 is 14.9 Å². The summed E-state index contributed by atoms with van der Waals surface area (Å²) in [5.41, 5.74) is -1.27. The molecule has 0 fully saturated rings. The Morgan fingerprint density at radius 3 is 2.26 bits per heavy atom. The maximum atomic E-state index is 12.6. The molecule has 0 unspecified atom stereocenters. The van der Waals surface area contributed by atoms with Crippen molar-refractivity contribution in [1.29, 1.82) is 0 Å². The van der Waals surface area contributed by atoms with Crippen LogP contribution in [0.1, 0.15) is 26.3 Å². The molecule has 2 N–H and O–H groups in total. The number of aliphatic hydroxyl groups is 2. The summed E-state index contributed by atoms with van der Waals surface area (Å²) in [7, 11) is 1.53. The third-order valence-electron chi connectivity index (χ3n) is 4.16. The summed E-state index contributed by atoms with van der Waals surface area (Å²) in [6, 6.07) is 12.9. The number of methoxy groups -OCH3 is 1. The van der Waals surface area contributed by atoms with Crippen LogP contribution in [0.2, 0.25) is 0 Å². The third-order valence-corrected chi connectivity index (χ3v) is 4.16. The van der Waals surface area contributed by atoms with Crippen molar-refractivity contribution in [2.45, 2.75) is 18.1 Å². The highest BCUT2D eigenvalue weighted by molar-refractivity contribution is 6.20. The molecule has 2 aromatic carbocycles. The van der Waals surface area contributed by atoms with Gasteiger partial charge in [-0.3, -0.25) is 9.59 Å². The van der Waals surface area contributed by atoms with Crippen molar-refractivity contribution >= 4 is 11.6 Å². The van der Waals surface area contributed by atoms with E-state index in [4.69, 9.17) is 4.74 Å². The first-order valence-electron chi connectivity index (χ1n) is 7.19. The van der Waals surface area contributed by atoms with Crippen molar-refractivity contribution in [3.8, 4) is 5.75 Å². The monoisotopic (exact) mass is 312 g/mol. The molecule has 5 heteroatoms. The SMILES string of the molecule is COc1ccc(C[C@]2(O)C(=O)c3ccccc3C(=O)[C@H]2O)cc1. The number of ketones is 2. The van der Waals surface area contributed by atoms with E-state index in [-0.39, 0.29) is 17.5 Å². The Bertz CT molecular complexity index is 765. The van der Waals surface area contributed by atoms with Crippen molar-refractivity contribution in [3.05, 3.63) is 65.2 Å². The normalized spacial score (nSPS) is 23.5. The van der Waals surface area contributed by atoms with E-state index in [1.807, 2.05) is 0 Å². The van der Waals surface area contributed by atoms with Gasteiger partial charge in [-0.25, -0.2) is 0 Å². The molecule has 0 amide bonds. The molecule has 2 aromatic rings. The van der Waals surface area contributed by atoms with Crippen LogP contribution in [-0.2, 0) is 6.42 Å². The topological polar surface area (TPSA) is 83.8 Å². The molecule has 23 heavy (non-hydrogen) atoms. The number of hydrogen-bond acceptors (Lipinski definition) is 5. The zero-order valence-electron chi connectivity index (χ0n) is 12.5. The van der Waals surface area contributed by atoms with Crippen molar-refractivity contribution in [3.63, 3.8) is 0 Å². The maximum Gasteiger partial charge on any atom is 0.198 e. The minimum atomic E-state index is -2.17. The van der Waals surface area contributed by atoms with Gasteiger partial charge in [-0.2, -0.15) is 0 Å². The van der Waals surface area contributed by atoms with E-state index < -0.39 is 23.3 Å². The first-order chi connectivity index (χ1) is 11.0. The van der Waals surface area contributed by atoms with E-state index in [9.17, 15) is 19.8 Å². The molecule has 0 aromatic heterocycles. The highest BCUT2D eigenvalue weighted by Crippen LogP contribution is 2.32. The van der Waals surface area contributed by atoms with Crippen LogP contribution < -0.4 is 4.74 Å². The lowest BCUT2D eigenvalue weighted by atomic mass is 9.73. The number of benzene rings is 2. The van der Waals surface area contributed by atoms with Crippen LogP contribution in [0.5, 0.6) is 5.75 Å². The number of Topliss-reactive ketones (excluding diaryl/α,β-unsaturated/α-hetero) is 2. The summed E-state index contributed by atoms with van der Waals surface area (Å²) in [5.74, 6) is -0.648. The summed E-state index contributed by atoms with van der Waals surface area (Å²) in [4.78, 5) is 24.9. The molecule has 5 nitrogen and oxygen atoms in total. The molecule has 0 heterocycles. The second-order valence-corrected chi connectivity index (χ2v) is 5.59. The second kappa shape index (κ2) is 5.61. The standard InChI is InChI=1S/C18H16O5/c1-23-12-8-6-11(7-9-12)10-18(22)16(20)14-5-3-2-4-13(14)15(19)17(18)21/h2-9,17,21-22H,10H2,1H3/t17-,18+/m1/s1. The fourth-order valence-electron chi connectivity index (χ4n) is 2.85. The van der Waals surface area contributed by atoms with Gasteiger partial charge in [-0.05, 0) is 17.7 Å². The second-order valence-electron chi connectivity index (χ2n) is 5.59. The molecule has 118 valence electrons. The van der Waals surface area contributed by atoms with E-state index in [1.165, 1.54) is 19.2 Å². The van der Waals surface area contributed by atoms with Crippen LogP contribution in [0.25, 0.3) is 0 Å². The summed E-state index contributed by atoms with van der Waals surface area (Å²) < 4.78 is 5.06. The van der Waals surface area contributed by atoms with Gasteiger partial charge in [0.05, 0.1) is 7.11 Å². The molecular formula is C18H16O5. The predicted octanol–water partition coefficient (Wildman–Crippen LogP) is 1.41. The highest BCUT2D eigenvalue weighted by Gasteiger charge is 2.52. The van der Waals surface area contributed by atoms with Crippen molar-refractivity contribution in [2.24, 2.45) is 0 Å². The van der Waals surface area contributed by atoms with Crippen LogP contribution >= 0.6 is 0 Å². The molecule has 0 radical (unpaired) electrons. The Labute approximate surface area is 133 Å². The molecular weight excluding hydrogens is 296 g/mol. The molecule has 1 aliphatic rings. The van der Waals surface area contributed by atoms with Gasteiger partial charge >= 0.3 is 0 Å². The van der Waals surface area contributed by atoms with Gasteiger partial charge in [0.1, 0.15) is 5.75 Å². The number of aliphatic hydroxyl groups excluding tert-OH is 1. The lowest BCUT2D eigenvalue weighted by molar-refractivity contribution is -0.0404. The lowest BCUT2D eigenvalue weighted by Crippen LogP contribution is -2.58. The van der Waals surface area contributed by atoms with E-state index in [1.54, 1.807) is 36.4 Å². The average Bonchev–Trinajstić information content (AvgIpc) is 2.59. The van der Waals surface area contributed by atoms with E-state index in [0.29, 0.717) is 11.3 Å². The summed E-state index contributed by atoms with van der Waals surface area (Å²) >= 11 is 0. The van der Waals surface area contributed by atoms with Crippen molar-refractivity contribution < 1.29 is 24.5 Å². The lowest BCUT2D eigenvalue weighted by Gasteiger charge is -2.35. The molecule has 0 saturated carbocycles. The molecule has 0 bridgehead atoms. The molecule has 2 atom stereocenters. The first kappa shape index (κ1) is 15.4. The Kier molecular flexibility index (Phi) is 3.75. The van der Waals surface area contributed by atoms with Crippen LogP contribution in [0, 0.1) is 0 Å². The Morgan fingerprint density at radius 2 is 1.65 bits per heavy atom.